The molecule has 1 N–H and O–H groups in total. The molecule has 0 radical (unpaired) electrons. The Morgan fingerprint density at radius 3 is 2.60 bits per heavy atom. The van der Waals surface area contributed by atoms with E-state index in [1.165, 1.54) is 6.92 Å². The van der Waals surface area contributed by atoms with Crippen molar-refractivity contribution in [1.82, 2.24) is 10.2 Å². The molecule has 1 aromatic carbocycles. The van der Waals surface area contributed by atoms with Crippen LogP contribution in [0.3, 0.4) is 0 Å². The van der Waals surface area contributed by atoms with Gasteiger partial charge in [0.25, 0.3) is 0 Å². The van der Waals surface area contributed by atoms with E-state index in [1.807, 2.05) is 25.1 Å². The number of halogens is 1. The lowest BCUT2D eigenvalue weighted by atomic mass is 10.1. The Morgan fingerprint density at radius 1 is 1.45 bits per heavy atom. The quantitative estimate of drug-likeness (QED) is 0.819. The van der Waals surface area contributed by atoms with Gasteiger partial charge in [-0.05, 0) is 24.6 Å². The zero-order valence-electron chi connectivity index (χ0n) is 11.8. The number of nitrogens with one attached hydrogen (secondary N) is 1. The Balaban J connectivity index is 2.84. The number of hydrogen-bond acceptors (Lipinski definition) is 3. The van der Waals surface area contributed by atoms with Crippen LogP contribution in [0.5, 0.6) is 0 Å². The molecule has 0 spiro atoms. The lowest BCUT2D eigenvalue weighted by Crippen LogP contribution is -2.48. The SMILES string of the molecule is CC(=O)NC(CS)C(=O)N(C)C(C)c1cccc(Cl)c1. The Morgan fingerprint density at radius 2 is 2.10 bits per heavy atom. The molecule has 0 aliphatic rings. The highest BCUT2D eigenvalue weighted by Gasteiger charge is 2.25. The minimum Gasteiger partial charge on any atom is -0.344 e. The van der Waals surface area contributed by atoms with Crippen molar-refractivity contribution in [3.63, 3.8) is 0 Å². The van der Waals surface area contributed by atoms with Gasteiger partial charge in [0.1, 0.15) is 6.04 Å². The maximum atomic E-state index is 12.3. The zero-order valence-corrected chi connectivity index (χ0v) is 13.4. The lowest BCUT2D eigenvalue weighted by Gasteiger charge is -2.29. The number of carbonyl (C=O) groups is 2. The molecule has 110 valence electrons. The predicted molar refractivity (Wildman–Crippen MR) is 84.1 cm³/mol. The summed E-state index contributed by atoms with van der Waals surface area (Å²) in [7, 11) is 1.70. The molecular formula is C14H19ClN2O2S. The molecule has 0 aliphatic carbocycles. The highest BCUT2D eigenvalue weighted by atomic mass is 35.5. The summed E-state index contributed by atoms with van der Waals surface area (Å²) >= 11 is 10.1. The van der Waals surface area contributed by atoms with Crippen molar-refractivity contribution in [2.75, 3.05) is 12.8 Å². The van der Waals surface area contributed by atoms with E-state index < -0.39 is 6.04 Å². The topological polar surface area (TPSA) is 49.4 Å². The number of amides is 2. The van der Waals surface area contributed by atoms with Gasteiger partial charge in [-0.25, -0.2) is 0 Å². The fraction of sp³-hybridized carbons (Fsp3) is 0.429. The number of nitrogens with zero attached hydrogens (tertiary/aromatic N) is 1. The Labute approximate surface area is 129 Å². The van der Waals surface area contributed by atoms with Crippen LogP contribution in [0.2, 0.25) is 5.02 Å². The molecule has 4 nitrogen and oxygen atoms in total. The molecule has 2 amide bonds. The highest BCUT2D eigenvalue weighted by Crippen LogP contribution is 2.22. The van der Waals surface area contributed by atoms with Crippen molar-refractivity contribution in [3.8, 4) is 0 Å². The fourth-order valence-electron chi connectivity index (χ4n) is 1.86. The first-order valence-electron chi connectivity index (χ1n) is 6.27. The van der Waals surface area contributed by atoms with E-state index in [0.29, 0.717) is 5.02 Å². The number of likely N-dealkylation sites (N-methyl/N-ethyl adjacent to an activating group) is 1. The van der Waals surface area contributed by atoms with Crippen molar-refractivity contribution in [1.29, 1.82) is 0 Å². The molecule has 0 saturated carbocycles. The van der Waals surface area contributed by atoms with Crippen LogP contribution in [-0.2, 0) is 9.59 Å². The summed E-state index contributed by atoms with van der Waals surface area (Å²) in [6.45, 7) is 3.29. The van der Waals surface area contributed by atoms with E-state index in [0.717, 1.165) is 5.56 Å². The van der Waals surface area contributed by atoms with Crippen molar-refractivity contribution in [2.45, 2.75) is 25.9 Å². The van der Waals surface area contributed by atoms with Crippen LogP contribution < -0.4 is 5.32 Å². The monoisotopic (exact) mass is 314 g/mol. The third-order valence-corrected chi connectivity index (χ3v) is 3.72. The van der Waals surface area contributed by atoms with E-state index >= 15 is 0 Å². The first kappa shape index (κ1) is 16.9. The summed E-state index contributed by atoms with van der Waals surface area (Å²) < 4.78 is 0. The van der Waals surface area contributed by atoms with E-state index in [4.69, 9.17) is 11.6 Å². The third-order valence-electron chi connectivity index (χ3n) is 3.12. The Bertz CT molecular complexity index is 496. The number of carbonyl (C=O) groups excluding carboxylic acids is 2. The molecule has 0 fully saturated rings. The lowest BCUT2D eigenvalue weighted by molar-refractivity contribution is -0.135. The summed E-state index contributed by atoms with van der Waals surface area (Å²) in [5, 5.41) is 3.22. The maximum Gasteiger partial charge on any atom is 0.246 e. The van der Waals surface area contributed by atoms with Gasteiger partial charge in [-0.3, -0.25) is 9.59 Å². The van der Waals surface area contributed by atoms with Crippen LogP contribution in [0.15, 0.2) is 24.3 Å². The smallest absolute Gasteiger partial charge is 0.246 e. The predicted octanol–water partition coefficient (Wildman–Crippen LogP) is 2.29. The van der Waals surface area contributed by atoms with Crippen LogP contribution in [0.1, 0.15) is 25.5 Å². The van der Waals surface area contributed by atoms with Crippen LogP contribution in [-0.4, -0.2) is 35.6 Å². The van der Waals surface area contributed by atoms with E-state index in [9.17, 15) is 9.59 Å². The van der Waals surface area contributed by atoms with Gasteiger partial charge < -0.3 is 10.2 Å². The standard InChI is InChI=1S/C14H19ClN2O2S/c1-9(11-5-4-6-12(15)7-11)17(3)14(19)13(8-20)16-10(2)18/h4-7,9,13,20H,8H2,1-3H3,(H,16,18). The van der Waals surface area contributed by atoms with Crippen molar-refractivity contribution >= 4 is 36.0 Å². The van der Waals surface area contributed by atoms with E-state index in [2.05, 4.69) is 17.9 Å². The zero-order chi connectivity index (χ0) is 15.3. The van der Waals surface area contributed by atoms with Gasteiger partial charge in [-0.1, -0.05) is 23.7 Å². The molecule has 2 atom stereocenters. The Hall–Kier alpha value is -1.20. The van der Waals surface area contributed by atoms with E-state index in [1.54, 1.807) is 18.0 Å². The van der Waals surface area contributed by atoms with Crippen LogP contribution in [0, 0.1) is 0 Å². The largest absolute Gasteiger partial charge is 0.344 e. The van der Waals surface area contributed by atoms with Crippen molar-refractivity contribution in [3.05, 3.63) is 34.9 Å². The minimum absolute atomic E-state index is 0.141. The second-order valence-electron chi connectivity index (χ2n) is 4.62. The molecule has 20 heavy (non-hydrogen) atoms. The summed E-state index contributed by atoms with van der Waals surface area (Å²) in [5.41, 5.74) is 0.939. The first-order valence-corrected chi connectivity index (χ1v) is 7.28. The molecule has 0 bridgehead atoms. The molecule has 0 aromatic heterocycles. The number of thiol groups is 1. The molecule has 0 aliphatic heterocycles. The minimum atomic E-state index is -0.623. The summed E-state index contributed by atoms with van der Waals surface area (Å²) in [6.07, 6.45) is 0. The van der Waals surface area contributed by atoms with Gasteiger partial charge >= 0.3 is 0 Å². The number of benzene rings is 1. The van der Waals surface area contributed by atoms with Gasteiger partial charge in [-0.15, -0.1) is 0 Å². The molecule has 1 rings (SSSR count). The summed E-state index contributed by atoms with van der Waals surface area (Å²) in [4.78, 5) is 25.0. The molecular weight excluding hydrogens is 296 g/mol. The molecule has 2 unspecified atom stereocenters. The van der Waals surface area contributed by atoms with Gasteiger partial charge in [0, 0.05) is 24.7 Å². The van der Waals surface area contributed by atoms with Crippen LogP contribution >= 0.6 is 24.2 Å². The van der Waals surface area contributed by atoms with Gasteiger partial charge in [0.15, 0.2) is 0 Å². The maximum absolute atomic E-state index is 12.3. The number of hydrogen-bond donors (Lipinski definition) is 2. The van der Waals surface area contributed by atoms with Crippen molar-refractivity contribution in [2.24, 2.45) is 0 Å². The van der Waals surface area contributed by atoms with E-state index in [-0.39, 0.29) is 23.6 Å². The van der Waals surface area contributed by atoms with Crippen LogP contribution in [0.4, 0.5) is 0 Å². The third kappa shape index (κ3) is 4.42. The van der Waals surface area contributed by atoms with Crippen LogP contribution in [0.25, 0.3) is 0 Å². The molecule has 0 saturated heterocycles. The molecule has 0 heterocycles. The van der Waals surface area contributed by atoms with Crippen molar-refractivity contribution < 1.29 is 9.59 Å². The highest BCUT2D eigenvalue weighted by molar-refractivity contribution is 7.80. The van der Waals surface area contributed by atoms with Gasteiger partial charge in [-0.2, -0.15) is 12.6 Å². The first-order chi connectivity index (χ1) is 9.36. The second-order valence-corrected chi connectivity index (χ2v) is 5.42. The average Bonchev–Trinajstić information content (AvgIpc) is 2.42. The molecule has 6 heteroatoms. The second kappa shape index (κ2) is 7.55. The normalized spacial score (nSPS) is 13.4. The Kier molecular flexibility index (Phi) is 6.36. The summed E-state index contributed by atoms with van der Waals surface area (Å²) in [5.74, 6) is -0.172. The summed E-state index contributed by atoms with van der Waals surface area (Å²) in [6, 6.07) is 6.60. The number of rotatable bonds is 5. The van der Waals surface area contributed by atoms with Gasteiger partial charge in [0.2, 0.25) is 11.8 Å². The van der Waals surface area contributed by atoms with Gasteiger partial charge in [0.05, 0.1) is 6.04 Å². The molecule has 1 aromatic rings. The average molecular weight is 315 g/mol. The fourth-order valence-corrected chi connectivity index (χ4v) is 2.30.